The molecule has 0 radical (unpaired) electrons. The molecule has 0 aromatic heterocycles. The minimum Gasteiger partial charge on any atom is -0.396 e. The van der Waals surface area contributed by atoms with Crippen LogP contribution in [-0.4, -0.2) is 61.9 Å². The van der Waals surface area contributed by atoms with Crippen LogP contribution in [0.15, 0.2) is 0 Å². The standard InChI is InChI=1S/C12H24N2O3/c1-10(12(16)13-5-7-17-2)14-6-3-4-11(8-14)9-15/h10-11,15H,3-9H2,1-2H3,(H,13,16). The highest BCUT2D eigenvalue weighted by molar-refractivity contribution is 5.81. The number of amides is 1. The van der Waals surface area contributed by atoms with Crippen LogP contribution < -0.4 is 5.32 Å². The van der Waals surface area contributed by atoms with Crippen LogP contribution in [-0.2, 0) is 9.53 Å². The van der Waals surface area contributed by atoms with E-state index in [-0.39, 0.29) is 18.6 Å². The van der Waals surface area contributed by atoms with Gasteiger partial charge in [0, 0.05) is 26.8 Å². The summed E-state index contributed by atoms with van der Waals surface area (Å²) in [6.07, 6.45) is 2.12. The third-order valence-electron chi connectivity index (χ3n) is 3.34. The van der Waals surface area contributed by atoms with Crippen LogP contribution in [0.4, 0.5) is 0 Å². The lowest BCUT2D eigenvalue weighted by atomic mass is 9.97. The maximum atomic E-state index is 11.8. The first-order valence-electron chi connectivity index (χ1n) is 6.30. The fraction of sp³-hybridized carbons (Fsp3) is 0.917. The SMILES string of the molecule is COCCNC(=O)C(C)N1CCCC(CO)C1. The van der Waals surface area contributed by atoms with Gasteiger partial charge in [-0.1, -0.05) is 0 Å². The first kappa shape index (κ1) is 14.4. The van der Waals surface area contributed by atoms with Gasteiger partial charge >= 0.3 is 0 Å². The highest BCUT2D eigenvalue weighted by Gasteiger charge is 2.26. The Labute approximate surface area is 103 Å². The van der Waals surface area contributed by atoms with Crippen molar-refractivity contribution < 1.29 is 14.6 Å². The summed E-state index contributed by atoms with van der Waals surface area (Å²) >= 11 is 0. The van der Waals surface area contributed by atoms with E-state index in [0.29, 0.717) is 19.1 Å². The minimum atomic E-state index is -0.124. The van der Waals surface area contributed by atoms with Crippen molar-refractivity contribution in [3.63, 3.8) is 0 Å². The normalized spacial score (nSPS) is 23.4. The highest BCUT2D eigenvalue weighted by Crippen LogP contribution is 2.17. The zero-order chi connectivity index (χ0) is 12.7. The predicted molar refractivity (Wildman–Crippen MR) is 65.7 cm³/mol. The first-order valence-corrected chi connectivity index (χ1v) is 6.30. The molecule has 0 aromatic carbocycles. The lowest BCUT2D eigenvalue weighted by Gasteiger charge is -2.35. The molecule has 0 spiro atoms. The molecule has 5 nitrogen and oxygen atoms in total. The Morgan fingerprint density at radius 2 is 2.41 bits per heavy atom. The van der Waals surface area contributed by atoms with Gasteiger partial charge in [0.15, 0.2) is 0 Å². The minimum absolute atomic E-state index is 0.0423. The van der Waals surface area contributed by atoms with Crippen LogP contribution in [0.25, 0.3) is 0 Å². The zero-order valence-corrected chi connectivity index (χ0v) is 10.8. The van der Waals surface area contributed by atoms with E-state index in [1.807, 2.05) is 6.92 Å². The van der Waals surface area contributed by atoms with E-state index in [0.717, 1.165) is 25.9 Å². The quantitative estimate of drug-likeness (QED) is 0.638. The van der Waals surface area contributed by atoms with Gasteiger partial charge in [-0.15, -0.1) is 0 Å². The first-order chi connectivity index (χ1) is 8.19. The molecule has 2 unspecified atom stereocenters. The molecule has 1 rings (SSSR count). The summed E-state index contributed by atoms with van der Waals surface area (Å²) in [7, 11) is 1.62. The topological polar surface area (TPSA) is 61.8 Å². The number of piperidine rings is 1. The second kappa shape index (κ2) is 7.63. The average Bonchev–Trinajstić information content (AvgIpc) is 2.38. The molecule has 0 bridgehead atoms. The summed E-state index contributed by atoms with van der Waals surface area (Å²) in [5.41, 5.74) is 0. The van der Waals surface area contributed by atoms with Crippen molar-refractivity contribution in [3.8, 4) is 0 Å². The fourth-order valence-electron chi connectivity index (χ4n) is 2.19. The molecule has 1 saturated heterocycles. The molecule has 1 fully saturated rings. The van der Waals surface area contributed by atoms with Gasteiger partial charge in [0.05, 0.1) is 12.6 Å². The van der Waals surface area contributed by atoms with Gasteiger partial charge in [0.1, 0.15) is 0 Å². The van der Waals surface area contributed by atoms with E-state index in [1.165, 1.54) is 0 Å². The monoisotopic (exact) mass is 244 g/mol. The molecule has 2 atom stereocenters. The molecule has 17 heavy (non-hydrogen) atoms. The second-order valence-electron chi connectivity index (χ2n) is 4.65. The molecule has 0 aromatic rings. The molecule has 100 valence electrons. The summed E-state index contributed by atoms with van der Waals surface area (Å²) in [5, 5.41) is 12.0. The number of carbonyl (C=O) groups excluding carboxylic acids is 1. The maximum absolute atomic E-state index is 11.8. The number of nitrogens with one attached hydrogen (secondary N) is 1. The Balaban J connectivity index is 2.34. The number of likely N-dealkylation sites (tertiary alicyclic amines) is 1. The van der Waals surface area contributed by atoms with E-state index < -0.39 is 0 Å². The number of hydrogen-bond donors (Lipinski definition) is 2. The molecule has 5 heteroatoms. The number of methoxy groups -OCH3 is 1. The second-order valence-corrected chi connectivity index (χ2v) is 4.65. The summed E-state index contributed by atoms with van der Waals surface area (Å²) in [4.78, 5) is 14.0. The molecule has 1 amide bonds. The molecule has 0 saturated carbocycles. The number of aliphatic hydroxyl groups excluding tert-OH is 1. The number of ether oxygens (including phenoxy) is 1. The maximum Gasteiger partial charge on any atom is 0.237 e. The lowest BCUT2D eigenvalue weighted by Crippen LogP contribution is -2.50. The number of hydrogen-bond acceptors (Lipinski definition) is 4. The van der Waals surface area contributed by atoms with E-state index >= 15 is 0 Å². The van der Waals surface area contributed by atoms with Crippen molar-refractivity contribution in [1.82, 2.24) is 10.2 Å². The van der Waals surface area contributed by atoms with Gasteiger partial charge in [-0.05, 0) is 32.2 Å². The third-order valence-corrected chi connectivity index (χ3v) is 3.34. The van der Waals surface area contributed by atoms with Crippen LogP contribution in [0.1, 0.15) is 19.8 Å². The number of nitrogens with zero attached hydrogens (tertiary/aromatic N) is 1. The van der Waals surface area contributed by atoms with Crippen molar-refractivity contribution in [2.75, 3.05) is 40.0 Å². The molecule has 1 aliphatic heterocycles. The van der Waals surface area contributed by atoms with Crippen LogP contribution in [0.5, 0.6) is 0 Å². The van der Waals surface area contributed by atoms with Crippen molar-refractivity contribution in [2.45, 2.75) is 25.8 Å². The van der Waals surface area contributed by atoms with Crippen LogP contribution in [0, 0.1) is 5.92 Å². The van der Waals surface area contributed by atoms with Crippen molar-refractivity contribution in [3.05, 3.63) is 0 Å². The summed E-state index contributed by atoms with van der Waals surface area (Å²) < 4.78 is 4.89. The smallest absolute Gasteiger partial charge is 0.237 e. The van der Waals surface area contributed by atoms with Gasteiger partial charge in [0.25, 0.3) is 0 Å². The van der Waals surface area contributed by atoms with Crippen molar-refractivity contribution in [2.24, 2.45) is 5.92 Å². The molecule has 0 aliphatic carbocycles. The van der Waals surface area contributed by atoms with Crippen LogP contribution in [0.2, 0.25) is 0 Å². The Hall–Kier alpha value is -0.650. The molecule has 1 heterocycles. The van der Waals surface area contributed by atoms with Crippen LogP contribution in [0.3, 0.4) is 0 Å². The zero-order valence-electron chi connectivity index (χ0n) is 10.8. The molecule has 1 aliphatic rings. The van der Waals surface area contributed by atoms with E-state index in [2.05, 4.69) is 10.2 Å². The van der Waals surface area contributed by atoms with Crippen LogP contribution >= 0.6 is 0 Å². The highest BCUT2D eigenvalue weighted by atomic mass is 16.5. The number of rotatable bonds is 6. The van der Waals surface area contributed by atoms with Gasteiger partial charge < -0.3 is 15.2 Å². The Morgan fingerprint density at radius 3 is 3.06 bits per heavy atom. The number of carbonyl (C=O) groups is 1. The van der Waals surface area contributed by atoms with E-state index in [9.17, 15) is 4.79 Å². The molecular weight excluding hydrogens is 220 g/mol. The van der Waals surface area contributed by atoms with Crippen molar-refractivity contribution >= 4 is 5.91 Å². The third kappa shape index (κ3) is 4.61. The molecular formula is C12H24N2O3. The summed E-state index contributed by atoms with van der Waals surface area (Å²) in [6.45, 7) is 4.98. The lowest BCUT2D eigenvalue weighted by molar-refractivity contribution is -0.126. The van der Waals surface area contributed by atoms with Gasteiger partial charge in [-0.3, -0.25) is 9.69 Å². The average molecular weight is 244 g/mol. The predicted octanol–water partition coefficient (Wildman–Crippen LogP) is -0.158. The van der Waals surface area contributed by atoms with Crippen molar-refractivity contribution in [1.29, 1.82) is 0 Å². The molecule has 2 N–H and O–H groups in total. The Bertz CT molecular complexity index is 236. The Morgan fingerprint density at radius 1 is 1.65 bits per heavy atom. The van der Waals surface area contributed by atoms with Gasteiger partial charge in [0.2, 0.25) is 5.91 Å². The fourth-order valence-corrected chi connectivity index (χ4v) is 2.19. The van der Waals surface area contributed by atoms with E-state index in [4.69, 9.17) is 9.84 Å². The van der Waals surface area contributed by atoms with E-state index in [1.54, 1.807) is 7.11 Å². The number of aliphatic hydroxyl groups is 1. The van der Waals surface area contributed by atoms with Gasteiger partial charge in [-0.25, -0.2) is 0 Å². The largest absolute Gasteiger partial charge is 0.396 e. The summed E-state index contributed by atoms with van der Waals surface area (Å²) in [5.74, 6) is 0.360. The van der Waals surface area contributed by atoms with Gasteiger partial charge in [-0.2, -0.15) is 0 Å². The summed E-state index contributed by atoms with van der Waals surface area (Å²) in [6, 6.07) is -0.124. The Kier molecular flexibility index (Phi) is 6.47.